The summed E-state index contributed by atoms with van der Waals surface area (Å²) in [5.41, 5.74) is 0.619. The van der Waals surface area contributed by atoms with Crippen LogP contribution in [0.3, 0.4) is 0 Å². The summed E-state index contributed by atoms with van der Waals surface area (Å²) in [5.74, 6) is 0.735. The van der Waals surface area contributed by atoms with Gasteiger partial charge in [-0.1, -0.05) is 6.07 Å². The van der Waals surface area contributed by atoms with Crippen molar-refractivity contribution >= 4 is 11.6 Å². The number of amides is 1. The largest absolute Gasteiger partial charge is 0.363 e. The number of hydrogen-bond acceptors (Lipinski definition) is 5. The van der Waals surface area contributed by atoms with E-state index >= 15 is 0 Å². The number of rotatable bonds is 6. The van der Waals surface area contributed by atoms with Crippen molar-refractivity contribution in [1.82, 2.24) is 25.2 Å². The van der Waals surface area contributed by atoms with Crippen LogP contribution < -0.4 is 10.6 Å². The molecule has 0 unspecified atom stereocenters. The van der Waals surface area contributed by atoms with Crippen molar-refractivity contribution < 1.29 is 9.53 Å². The number of aromatic nitrogens is 3. The topological polar surface area (TPSA) is 80.5 Å². The molecule has 1 aliphatic rings. The molecule has 2 aromatic rings. The van der Waals surface area contributed by atoms with Crippen LogP contribution in [0.25, 0.3) is 5.65 Å². The summed E-state index contributed by atoms with van der Waals surface area (Å²) >= 11 is 0. The number of nitrogens with zero attached hydrogens (tertiary/aromatic N) is 3. The summed E-state index contributed by atoms with van der Waals surface area (Å²) in [6.45, 7) is 4.21. The summed E-state index contributed by atoms with van der Waals surface area (Å²) < 4.78 is 7.50. The smallest absolute Gasteiger partial charge is 0.246 e. The summed E-state index contributed by atoms with van der Waals surface area (Å²) in [4.78, 5) is 11.7. The fourth-order valence-corrected chi connectivity index (χ4v) is 2.25. The lowest BCUT2D eigenvalue weighted by molar-refractivity contribution is -0.135. The van der Waals surface area contributed by atoms with Crippen LogP contribution in [0.15, 0.2) is 24.4 Å². The Balaban J connectivity index is 1.44. The molecule has 1 amide bonds. The Morgan fingerprint density at radius 1 is 1.48 bits per heavy atom. The number of carbonyl (C=O) groups excluding carboxylic acids is 1. The second-order valence-electron chi connectivity index (χ2n) is 5.49. The third-order valence-corrected chi connectivity index (χ3v) is 3.60. The number of carbonyl (C=O) groups is 1. The van der Waals surface area contributed by atoms with Crippen molar-refractivity contribution in [2.75, 3.05) is 26.2 Å². The zero-order valence-corrected chi connectivity index (χ0v) is 12.0. The minimum atomic E-state index is -0.194. The Hall–Kier alpha value is -1.99. The molecule has 2 N–H and O–H groups in total. The first kappa shape index (κ1) is 14.0. The number of hydrogen-bond donors (Lipinski definition) is 2. The van der Waals surface area contributed by atoms with E-state index in [0.29, 0.717) is 13.0 Å². The van der Waals surface area contributed by atoms with E-state index in [1.54, 1.807) is 0 Å². The van der Waals surface area contributed by atoms with Crippen LogP contribution in [0.4, 0.5) is 0 Å². The molecule has 2 aromatic heterocycles. The summed E-state index contributed by atoms with van der Waals surface area (Å²) in [7, 11) is 0. The van der Waals surface area contributed by atoms with E-state index in [2.05, 4.69) is 20.8 Å². The van der Waals surface area contributed by atoms with E-state index in [-0.39, 0.29) is 18.1 Å². The molecule has 0 saturated carbocycles. The van der Waals surface area contributed by atoms with Gasteiger partial charge in [-0.05, 0) is 19.1 Å². The molecule has 1 fully saturated rings. The van der Waals surface area contributed by atoms with Gasteiger partial charge in [0, 0.05) is 32.3 Å². The SMILES string of the molecule is CC1(OCC(=O)NCCc2nnc3ccccn23)CNC1. The van der Waals surface area contributed by atoms with Gasteiger partial charge in [-0.3, -0.25) is 9.20 Å². The van der Waals surface area contributed by atoms with E-state index in [9.17, 15) is 4.79 Å². The summed E-state index contributed by atoms with van der Waals surface area (Å²) in [6.07, 6.45) is 2.55. The Bertz CT molecular complexity index is 635. The summed E-state index contributed by atoms with van der Waals surface area (Å²) in [6, 6.07) is 5.75. The van der Waals surface area contributed by atoms with E-state index in [0.717, 1.165) is 24.6 Å². The van der Waals surface area contributed by atoms with Crippen LogP contribution in [0.2, 0.25) is 0 Å². The first-order valence-corrected chi connectivity index (χ1v) is 7.06. The Morgan fingerprint density at radius 3 is 3.10 bits per heavy atom. The van der Waals surface area contributed by atoms with Gasteiger partial charge in [0.1, 0.15) is 12.4 Å². The summed E-state index contributed by atoms with van der Waals surface area (Å²) in [5, 5.41) is 14.2. The lowest BCUT2D eigenvalue weighted by Crippen LogP contribution is -2.59. The van der Waals surface area contributed by atoms with Gasteiger partial charge in [0.25, 0.3) is 0 Å². The fraction of sp³-hybridized carbons (Fsp3) is 0.500. The van der Waals surface area contributed by atoms with E-state index < -0.39 is 0 Å². The number of fused-ring (bicyclic) bond motifs is 1. The monoisotopic (exact) mass is 289 g/mol. The quantitative estimate of drug-likeness (QED) is 0.767. The predicted molar refractivity (Wildman–Crippen MR) is 76.9 cm³/mol. The maximum atomic E-state index is 11.7. The molecule has 0 atom stereocenters. The van der Waals surface area contributed by atoms with Gasteiger partial charge in [0.15, 0.2) is 5.65 Å². The molecule has 0 aromatic carbocycles. The van der Waals surface area contributed by atoms with Gasteiger partial charge in [-0.25, -0.2) is 0 Å². The minimum absolute atomic E-state index is 0.0960. The van der Waals surface area contributed by atoms with Gasteiger partial charge in [0.2, 0.25) is 5.91 Å². The molecular weight excluding hydrogens is 270 g/mol. The maximum absolute atomic E-state index is 11.7. The van der Waals surface area contributed by atoms with Gasteiger partial charge < -0.3 is 15.4 Å². The minimum Gasteiger partial charge on any atom is -0.363 e. The molecule has 3 heterocycles. The molecule has 0 spiro atoms. The molecule has 7 nitrogen and oxygen atoms in total. The van der Waals surface area contributed by atoms with Crippen molar-refractivity contribution in [3.63, 3.8) is 0 Å². The Labute approximate surface area is 122 Å². The number of nitrogens with one attached hydrogen (secondary N) is 2. The lowest BCUT2D eigenvalue weighted by Gasteiger charge is -2.38. The average molecular weight is 289 g/mol. The number of ether oxygens (including phenoxy) is 1. The second kappa shape index (κ2) is 5.79. The number of pyridine rings is 1. The van der Waals surface area contributed by atoms with Crippen molar-refractivity contribution in [1.29, 1.82) is 0 Å². The van der Waals surface area contributed by atoms with Crippen LogP contribution in [-0.4, -0.2) is 52.3 Å². The highest BCUT2D eigenvalue weighted by molar-refractivity contribution is 5.77. The molecule has 0 aliphatic carbocycles. The highest BCUT2D eigenvalue weighted by atomic mass is 16.5. The lowest BCUT2D eigenvalue weighted by atomic mass is 10.0. The van der Waals surface area contributed by atoms with Crippen LogP contribution in [-0.2, 0) is 16.0 Å². The van der Waals surface area contributed by atoms with Gasteiger partial charge in [-0.2, -0.15) is 0 Å². The van der Waals surface area contributed by atoms with Crippen molar-refractivity contribution in [2.45, 2.75) is 18.9 Å². The molecule has 0 bridgehead atoms. The second-order valence-corrected chi connectivity index (χ2v) is 5.49. The molecule has 3 rings (SSSR count). The van der Waals surface area contributed by atoms with Crippen LogP contribution in [0.5, 0.6) is 0 Å². The van der Waals surface area contributed by atoms with Gasteiger partial charge >= 0.3 is 0 Å². The molecule has 112 valence electrons. The highest BCUT2D eigenvalue weighted by Crippen LogP contribution is 2.14. The maximum Gasteiger partial charge on any atom is 0.246 e. The third-order valence-electron chi connectivity index (χ3n) is 3.60. The van der Waals surface area contributed by atoms with Crippen LogP contribution in [0.1, 0.15) is 12.7 Å². The van der Waals surface area contributed by atoms with Crippen molar-refractivity contribution in [3.05, 3.63) is 30.2 Å². The van der Waals surface area contributed by atoms with Crippen molar-refractivity contribution in [3.8, 4) is 0 Å². The molecular formula is C14H19N5O2. The molecule has 7 heteroatoms. The standard InChI is InChI=1S/C14H19N5O2/c1-14(9-15-10-14)21-8-13(20)16-6-5-12-18-17-11-4-2-3-7-19(11)12/h2-4,7,15H,5-6,8-10H2,1H3,(H,16,20). The first-order valence-electron chi connectivity index (χ1n) is 7.06. The van der Waals surface area contributed by atoms with Gasteiger partial charge in [-0.15, -0.1) is 10.2 Å². The van der Waals surface area contributed by atoms with Crippen LogP contribution >= 0.6 is 0 Å². The highest BCUT2D eigenvalue weighted by Gasteiger charge is 2.32. The van der Waals surface area contributed by atoms with Gasteiger partial charge in [0.05, 0.1) is 5.60 Å². The molecule has 1 saturated heterocycles. The molecule has 21 heavy (non-hydrogen) atoms. The molecule has 1 aliphatic heterocycles. The van der Waals surface area contributed by atoms with E-state index in [4.69, 9.17) is 4.74 Å². The third kappa shape index (κ3) is 3.20. The fourth-order valence-electron chi connectivity index (χ4n) is 2.25. The predicted octanol–water partition coefficient (Wildman–Crippen LogP) is -0.234. The van der Waals surface area contributed by atoms with E-state index in [1.807, 2.05) is 35.7 Å². The van der Waals surface area contributed by atoms with Crippen LogP contribution in [0, 0.1) is 0 Å². The van der Waals surface area contributed by atoms with Crippen molar-refractivity contribution in [2.24, 2.45) is 0 Å². The average Bonchev–Trinajstić information content (AvgIpc) is 2.87. The zero-order valence-electron chi connectivity index (χ0n) is 12.0. The Morgan fingerprint density at radius 2 is 2.33 bits per heavy atom. The molecule has 0 radical (unpaired) electrons. The van der Waals surface area contributed by atoms with E-state index in [1.165, 1.54) is 0 Å². The Kier molecular flexibility index (Phi) is 3.85. The normalized spacial score (nSPS) is 16.6. The first-order chi connectivity index (χ1) is 10.2. The zero-order chi connectivity index (χ0) is 14.7.